The van der Waals surface area contributed by atoms with Gasteiger partial charge in [-0.25, -0.2) is 0 Å². The van der Waals surface area contributed by atoms with Crippen LogP contribution >= 0.6 is 0 Å². The summed E-state index contributed by atoms with van der Waals surface area (Å²) in [5.41, 5.74) is 2.95. The van der Waals surface area contributed by atoms with E-state index < -0.39 is 0 Å². The van der Waals surface area contributed by atoms with E-state index in [0.717, 1.165) is 17.8 Å². The molecule has 0 aromatic heterocycles. The van der Waals surface area contributed by atoms with Crippen molar-refractivity contribution < 1.29 is 0 Å². The van der Waals surface area contributed by atoms with Gasteiger partial charge in [-0.3, -0.25) is 0 Å². The highest BCUT2D eigenvalue weighted by atomic mass is 14.9. The molecule has 1 aromatic rings. The average molecular weight is 271 g/mol. The zero-order valence-corrected chi connectivity index (χ0v) is 13.2. The van der Waals surface area contributed by atoms with Gasteiger partial charge < -0.3 is 5.32 Å². The van der Waals surface area contributed by atoms with E-state index >= 15 is 0 Å². The molecule has 0 aliphatic heterocycles. The molecule has 4 atom stereocenters. The van der Waals surface area contributed by atoms with Crippen LogP contribution in [-0.2, 0) is 6.42 Å². The summed E-state index contributed by atoms with van der Waals surface area (Å²) < 4.78 is 0. The first-order chi connectivity index (χ1) is 9.67. The van der Waals surface area contributed by atoms with Gasteiger partial charge >= 0.3 is 0 Å². The van der Waals surface area contributed by atoms with Gasteiger partial charge in [0.05, 0.1) is 0 Å². The summed E-state index contributed by atoms with van der Waals surface area (Å²) in [6.45, 7) is 4.53. The molecule has 1 aromatic carbocycles. The highest BCUT2D eigenvalue weighted by Crippen LogP contribution is 2.49. The molecule has 1 N–H and O–H groups in total. The minimum atomic E-state index is 0.634. The van der Waals surface area contributed by atoms with Crippen molar-refractivity contribution in [1.82, 2.24) is 5.32 Å². The third-order valence-electron chi connectivity index (χ3n) is 5.78. The monoisotopic (exact) mass is 271 g/mol. The molecule has 4 unspecified atom stereocenters. The lowest BCUT2D eigenvalue weighted by Crippen LogP contribution is -2.38. The lowest BCUT2D eigenvalue weighted by Gasteiger charge is -2.30. The molecule has 2 bridgehead atoms. The van der Waals surface area contributed by atoms with E-state index in [9.17, 15) is 0 Å². The van der Waals surface area contributed by atoms with E-state index in [1.54, 1.807) is 0 Å². The van der Waals surface area contributed by atoms with E-state index in [4.69, 9.17) is 0 Å². The fourth-order valence-electron chi connectivity index (χ4n) is 4.55. The van der Waals surface area contributed by atoms with Crippen LogP contribution in [0.3, 0.4) is 0 Å². The van der Waals surface area contributed by atoms with Gasteiger partial charge in [0.1, 0.15) is 0 Å². The van der Waals surface area contributed by atoms with Gasteiger partial charge in [-0.1, -0.05) is 44.5 Å². The van der Waals surface area contributed by atoms with E-state index in [-0.39, 0.29) is 0 Å². The predicted octanol–water partition coefficient (Wildman–Crippen LogP) is 4.38. The Morgan fingerprint density at radius 1 is 1.10 bits per heavy atom. The SMILES string of the molecule is CNC(Cc1ccc(C(C)C)cc1)C1CC2CCC1C2. The number of hydrogen-bond acceptors (Lipinski definition) is 1. The van der Waals surface area contributed by atoms with Gasteiger partial charge in [0, 0.05) is 6.04 Å². The van der Waals surface area contributed by atoms with Gasteiger partial charge in [-0.2, -0.15) is 0 Å². The van der Waals surface area contributed by atoms with Crippen molar-refractivity contribution >= 4 is 0 Å². The van der Waals surface area contributed by atoms with Gasteiger partial charge in [-0.15, -0.1) is 0 Å². The number of likely N-dealkylation sites (N-methyl/N-ethyl adjacent to an activating group) is 1. The molecule has 0 heterocycles. The summed E-state index contributed by atoms with van der Waals surface area (Å²) in [5.74, 6) is 3.61. The molecule has 1 heteroatoms. The second kappa shape index (κ2) is 5.89. The van der Waals surface area contributed by atoms with Crippen molar-refractivity contribution in [1.29, 1.82) is 0 Å². The van der Waals surface area contributed by atoms with Crippen LogP contribution in [0.25, 0.3) is 0 Å². The first-order valence-electron chi connectivity index (χ1n) is 8.43. The van der Waals surface area contributed by atoms with Gasteiger partial charge in [0.25, 0.3) is 0 Å². The van der Waals surface area contributed by atoms with E-state index in [1.165, 1.54) is 43.2 Å². The normalized spacial score (nSPS) is 30.1. The second-order valence-electron chi connectivity index (χ2n) is 7.33. The van der Waals surface area contributed by atoms with Crippen molar-refractivity contribution in [2.24, 2.45) is 17.8 Å². The molecule has 0 spiro atoms. The van der Waals surface area contributed by atoms with Crippen molar-refractivity contribution in [3.63, 3.8) is 0 Å². The van der Waals surface area contributed by atoms with Crippen LogP contribution in [0.5, 0.6) is 0 Å². The van der Waals surface area contributed by atoms with E-state index in [0.29, 0.717) is 12.0 Å². The number of benzene rings is 1. The maximum Gasteiger partial charge on any atom is 0.0135 e. The van der Waals surface area contributed by atoms with Crippen LogP contribution in [0.15, 0.2) is 24.3 Å². The Morgan fingerprint density at radius 2 is 1.85 bits per heavy atom. The number of hydrogen-bond donors (Lipinski definition) is 1. The molecule has 2 fully saturated rings. The molecule has 0 amide bonds. The molecule has 0 radical (unpaired) electrons. The Bertz CT molecular complexity index is 434. The van der Waals surface area contributed by atoms with Crippen molar-refractivity contribution in [3.05, 3.63) is 35.4 Å². The smallest absolute Gasteiger partial charge is 0.0135 e. The Morgan fingerprint density at radius 3 is 2.35 bits per heavy atom. The maximum atomic E-state index is 3.61. The Labute approximate surface area is 124 Å². The molecule has 2 aliphatic carbocycles. The second-order valence-corrected chi connectivity index (χ2v) is 7.33. The Hall–Kier alpha value is -0.820. The molecule has 0 saturated heterocycles. The van der Waals surface area contributed by atoms with E-state index in [1.807, 2.05) is 0 Å². The topological polar surface area (TPSA) is 12.0 Å². The predicted molar refractivity (Wildman–Crippen MR) is 86.0 cm³/mol. The quantitative estimate of drug-likeness (QED) is 0.838. The van der Waals surface area contributed by atoms with Crippen LogP contribution in [-0.4, -0.2) is 13.1 Å². The minimum Gasteiger partial charge on any atom is -0.316 e. The lowest BCUT2D eigenvalue weighted by molar-refractivity contribution is 0.255. The molecule has 3 rings (SSSR count). The van der Waals surface area contributed by atoms with Crippen LogP contribution in [0.1, 0.15) is 56.6 Å². The number of fused-ring (bicyclic) bond motifs is 2. The van der Waals surface area contributed by atoms with Crippen molar-refractivity contribution in [3.8, 4) is 0 Å². The highest BCUT2D eigenvalue weighted by Gasteiger charge is 2.42. The van der Waals surface area contributed by atoms with Crippen LogP contribution in [0.2, 0.25) is 0 Å². The van der Waals surface area contributed by atoms with Crippen LogP contribution in [0.4, 0.5) is 0 Å². The Kier molecular flexibility index (Phi) is 4.16. The number of nitrogens with one attached hydrogen (secondary N) is 1. The zero-order valence-electron chi connectivity index (χ0n) is 13.2. The van der Waals surface area contributed by atoms with Gasteiger partial charge in [0.15, 0.2) is 0 Å². The maximum absolute atomic E-state index is 3.61. The lowest BCUT2D eigenvalue weighted by atomic mass is 9.81. The summed E-state index contributed by atoms with van der Waals surface area (Å²) in [4.78, 5) is 0. The average Bonchev–Trinajstić information content (AvgIpc) is 3.08. The van der Waals surface area contributed by atoms with Gasteiger partial charge in [0.2, 0.25) is 0 Å². The van der Waals surface area contributed by atoms with Crippen molar-refractivity contribution in [2.45, 2.75) is 57.9 Å². The molecule has 1 nitrogen and oxygen atoms in total. The molecular formula is C19H29N. The third kappa shape index (κ3) is 2.79. The number of rotatable bonds is 5. The molecule has 2 aliphatic rings. The first-order valence-corrected chi connectivity index (χ1v) is 8.43. The third-order valence-corrected chi connectivity index (χ3v) is 5.78. The fraction of sp³-hybridized carbons (Fsp3) is 0.684. The summed E-state index contributed by atoms with van der Waals surface area (Å²) in [7, 11) is 2.15. The van der Waals surface area contributed by atoms with Crippen molar-refractivity contribution in [2.75, 3.05) is 7.05 Å². The summed E-state index contributed by atoms with van der Waals surface area (Å²) in [5, 5.41) is 3.61. The molecular weight excluding hydrogens is 242 g/mol. The van der Waals surface area contributed by atoms with Gasteiger partial charge in [-0.05, 0) is 67.5 Å². The zero-order chi connectivity index (χ0) is 14.1. The summed E-state index contributed by atoms with van der Waals surface area (Å²) >= 11 is 0. The minimum absolute atomic E-state index is 0.634. The molecule has 20 heavy (non-hydrogen) atoms. The largest absolute Gasteiger partial charge is 0.316 e. The first kappa shape index (κ1) is 14.1. The summed E-state index contributed by atoms with van der Waals surface area (Å²) in [6.07, 6.45) is 7.17. The fourth-order valence-corrected chi connectivity index (χ4v) is 4.55. The molecule has 110 valence electrons. The van der Waals surface area contributed by atoms with E-state index in [2.05, 4.69) is 50.5 Å². The standard InChI is InChI=1S/C19H29N/c1-13(2)16-7-4-14(5-8-16)12-19(20-3)18-11-15-6-9-17(18)10-15/h4-5,7-8,13,15,17-20H,6,9-12H2,1-3H3. The highest BCUT2D eigenvalue weighted by molar-refractivity contribution is 5.25. The Balaban J connectivity index is 1.65. The van der Waals surface area contributed by atoms with Crippen LogP contribution < -0.4 is 5.32 Å². The van der Waals surface area contributed by atoms with Crippen LogP contribution in [0, 0.1) is 17.8 Å². The summed E-state index contributed by atoms with van der Waals surface area (Å²) in [6, 6.07) is 9.98. The molecule has 2 saturated carbocycles.